The van der Waals surface area contributed by atoms with Crippen LogP contribution in [-0.4, -0.2) is 43.7 Å². The summed E-state index contributed by atoms with van der Waals surface area (Å²) in [6.45, 7) is 1.03. The molecule has 5 rings (SSSR count). The second-order valence-electron chi connectivity index (χ2n) is 9.96. The number of aryl methyl sites for hydroxylation is 1. The Bertz CT molecular complexity index is 1680. The van der Waals surface area contributed by atoms with Gasteiger partial charge in [-0.1, -0.05) is 78.4 Å². The molecule has 1 unspecified atom stereocenters. The number of ether oxygens (including phenoxy) is 1. The van der Waals surface area contributed by atoms with E-state index in [1.54, 1.807) is 42.5 Å². The van der Waals surface area contributed by atoms with Crippen LogP contribution in [0.2, 0.25) is 0 Å². The molecular weight excluding hydrogens is 557 g/mol. The molecule has 0 saturated heterocycles. The SMILES string of the molecule is Cc1ccc(S(=O)(=O)N(CC(=O)N2CC(C(=O)NCc3ccccc3)Oc3ccccc32)Cc2ccccc2F)cc1. The Morgan fingerprint density at radius 2 is 1.60 bits per heavy atom. The predicted octanol–water partition coefficient (Wildman–Crippen LogP) is 4.44. The summed E-state index contributed by atoms with van der Waals surface area (Å²) in [7, 11) is -4.20. The van der Waals surface area contributed by atoms with Gasteiger partial charge in [-0.3, -0.25) is 9.59 Å². The summed E-state index contributed by atoms with van der Waals surface area (Å²) in [5, 5.41) is 2.84. The van der Waals surface area contributed by atoms with E-state index < -0.39 is 40.3 Å². The number of rotatable bonds is 9. The van der Waals surface area contributed by atoms with Crippen LogP contribution in [0.25, 0.3) is 0 Å². The smallest absolute Gasteiger partial charge is 0.263 e. The van der Waals surface area contributed by atoms with Crippen molar-refractivity contribution >= 4 is 27.5 Å². The molecule has 1 atom stereocenters. The van der Waals surface area contributed by atoms with E-state index in [4.69, 9.17) is 4.74 Å². The number of fused-ring (bicyclic) bond motifs is 1. The van der Waals surface area contributed by atoms with Crippen molar-refractivity contribution in [2.45, 2.75) is 31.0 Å². The average molecular weight is 588 g/mol. The van der Waals surface area contributed by atoms with Gasteiger partial charge in [0, 0.05) is 18.7 Å². The lowest BCUT2D eigenvalue weighted by Crippen LogP contribution is -2.52. The first-order chi connectivity index (χ1) is 20.2. The van der Waals surface area contributed by atoms with Crippen molar-refractivity contribution in [1.82, 2.24) is 9.62 Å². The number of hydrogen-bond donors (Lipinski definition) is 1. The third-order valence-electron chi connectivity index (χ3n) is 6.95. The highest BCUT2D eigenvalue weighted by molar-refractivity contribution is 7.89. The monoisotopic (exact) mass is 587 g/mol. The highest BCUT2D eigenvalue weighted by atomic mass is 32.2. The Hall–Kier alpha value is -4.54. The molecule has 42 heavy (non-hydrogen) atoms. The first kappa shape index (κ1) is 29.0. The van der Waals surface area contributed by atoms with E-state index in [1.165, 1.54) is 35.2 Å². The standard InChI is InChI=1S/C32H30FN3O5S/c1-23-15-17-26(18-16-23)42(39,40)35(20-25-11-5-6-12-27(25)33)22-31(37)36-21-30(41-29-14-8-7-13-28(29)36)32(38)34-19-24-9-3-2-4-10-24/h2-18,30H,19-22H2,1H3,(H,34,38). The van der Waals surface area contributed by atoms with Gasteiger partial charge in [-0.15, -0.1) is 0 Å². The zero-order chi connectivity index (χ0) is 29.7. The molecule has 2 amide bonds. The van der Waals surface area contributed by atoms with Crippen LogP contribution in [0.4, 0.5) is 10.1 Å². The Labute approximate surface area is 244 Å². The van der Waals surface area contributed by atoms with E-state index >= 15 is 0 Å². The second-order valence-corrected chi connectivity index (χ2v) is 11.9. The summed E-state index contributed by atoms with van der Waals surface area (Å²) in [6.07, 6.45) is -1.03. The summed E-state index contributed by atoms with van der Waals surface area (Å²) >= 11 is 0. The van der Waals surface area contributed by atoms with Crippen molar-refractivity contribution in [1.29, 1.82) is 0 Å². The van der Waals surface area contributed by atoms with Crippen LogP contribution in [0.5, 0.6) is 5.75 Å². The molecule has 8 nitrogen and oxygen atoms in total. The fourth-order valence-electron chi connectivity index (χ4n) is 4.64. The number of hydrogen-bond acceptors (Lipinski definition) is 5. The molecule has 1 aliphatic rings. The fourth-order valence-corrected chi connectivity index (χ4v) is 6.01. The molecule has 0 fully saturated rings. The molecule has 0 saturated carbocycles. The van der Waals surface area contributed by atoms with E-state index in [2.05, 4.69) is 5.32 Å². The number of sulfonamides is 1. The van der Waals surface area contributed by atoms with Gasteiger partial charge < -0.3 is 15.0 Å². The molecule has 1 N–H and O–H groups in total. The van der Waals surface area contributed by atoms with Crippen molar-refractivity contribution in [2.24, 2.45) is 0 Å². The van der Waals surface area contributed by atoms with Gasteiger partial charge >= 0.3 is 0 Å². The first-order valence-corrected chi connectivity index (χ1v) is 14.8. The van der Waals surface area contributed by atoms with Gasteiger partial charge in [-0.2, -0.15) is 4.31 Å². The maximum Gasteiger partial charge on any atom is 0.263 e. The summed E-state index contributed by atoms with van der Waals surface area (Å²) < 4.78 is 49.1. The van der Waals surface area contributed by atoms with Crippen LogP contribution in [0.15, 0.2) is 108 Å². The van der Waals surface area contributed by atoms with E-state index in [9.17, 15) is 22.4 Å². The van der Waals surface area contributed by atoms with Crippen molar-refractivity contribution in [3.63, 3.8) is 0 Å². The second kappa shape index (κ2) is 12.5. The summed E-state index contributed by atoms with van der Waals surface area (Å²) in [5.74, 6) is -1.26. The zero-order valence-electron chi connectivity index (χ0n) is 22.9. The molecule has 0 aliphatic carbocycles. The summed E-state index contributed by atoms with van der Waals surface area (Å²) in [5.41, 5.74) is 2.31. The maximum absolute atomic E-state index is 14.6. The lowest BCUT2D eigenvalue weighted by atomic mass is 10.1. The third kappa shape index (κ3) is 6.50. The minimum Gasteiger partial charge on any atom is -0.477 e. The molecule has 10 heteroatoms. The third-order valence-corrected chi connectivity index (χ3v) is 8.76. The van der Waals surface area contributed by atoms with E-state index in [0.717, 1.165) is 15.4 Å². The van der Waals surface area contributed by atoms with Crippen LogP contribution in [0.1, 0.15) is 16.7 Å². The van der Waals surface area contributed by atoms with Crippen molar-refractivity contribution in [3.8, 4) is 5.75 Å². The maximum atomic E-state index is 14.6. The van der Waals surface area contributed by atoms with Gasteiger partial charge in [-0.25, -0.2) is 12.8 Å². The number of anilines is 1. The average Bonchev–Trinajstić information content (AvgIpc) is 3.00. The Kier molecular flexibility index (Phi) is 8.65. The van der Waals surface area contributed by atoms with Crippen molar-refractivity contribution in [2.75, 3.05) is 18.0 Å². The number of carbonyl (C=O) groups excluding carboxylic acids is 2. The Balaban J connectivity index is 1.41. The number of nitrogens with one attached hydrogen (secondary N) is 1. The molecule has 0 radical (unpaired) electrons. The van der Waals surface area contributed by atoms with Crippen LogP contribution in [0, 0.1) is 12.7 Å². The van der Waals surface area contributed by atoms with E-state index in [-0.39, 0.29) is 30.1 Å². The predicted molar refractivity (Wildman–Crippen MR) is 157 cm³/mol. The summed E-state index contributed by atoms with van der Waals surface area (Å²) in [6, 6.07) is 28.2. The van der Waals surface area contributed by atoms with Crippen LogP contribution < -0.4 is 15.0 Å². The highest BCUT2D eigenvalue weighted by Gasteiger charge is 2.36. The van der Waals surface area contributed by atoms with Crippen molar-refractivity contribution < 1.29 is 27.1 Å². The zero-order valence-corrected chi connectivity index (χ0v) is 23.8. The summed E-state index contributed by atoms with van der Waals surface area (Å²) in [4.78, 5) is 28.3. The van der Waals surface area contributed by atoms with Gasteiger partial charge in [0.15, 0.2) is 6.10 Å². The number of amides is 2. The number of nitrogens with zero attached hydrogens (tertiary/aromatic N) is 2. The number of carbonyl (C=O) groups is 2. The Morgan fingerprint density at radius 1 is 0.929 bits per heavy atom. The lowest BCUT2D eigenvalue weighted by Gasteiger charge is -2.35. The molecule has 0 aromatic heterocycles. The topological polar surface area (TPSA) is 96.0 Å². The minimum atomic E-state index is -4.20. The highest BCUT2D eigenvalue weighted by Crippen LogP contribution is 2.34. The van der Waals surface area contributed by atoms with Crippen LogP contribution >= 0.6 is 0 Å². The van der Waals surface area contributed by atoms with Gasteiger partial charge in [0.2, 0.25) is 15.9 Å². The van der Waals surface area contributed by atoms with Crippen LogP contribution in [-0.2, 0) is 32.7 Å². The van der Waals surface area contributed by atoms with Gasteiger partial charge in [0.05, 0.1) is 23.7 Å². The molecular formula is C32H30FN3O5S. The van der Waals surface area contributed by atoms with Gasteiger partial charge in [-0.05, 0) is 42.8 Å². The molecule has 0 spiro atoms. The largest absolute Gasteiger partial charge is 0.477 e. The van der Waals surface area contributed by atoms with Crippen LogP contribution in [0.3, 0.4) is 0 Å². The van der Waals surface area contributed by atoms with E-state index in [0.29, 0.717) is 11.4 Å². The molecule has 216 valence electrons. The minimum absolute atomic E-state index is 0.0159. The quantitative estimate of drug-likeness (QED) is 0.313. The van der Waals surface area contributed by atoms with E-state index in [1.807, 2.05) is 37.3 Å². The lowest BCUT2D eigenvalue weighted by molar-refractivity contribution is -0.128. The molecule has 1 aliphatic heterocycles. The fraction of sp³-hybridized carbons (Fsp3) is 0.188. The normalized spacial score (nSPS) is 14.6. The molecule has 1 heterocycles. The molecule has 4 aromatic rings. The Morgan fingerprint density at radius 3 is 2.33 bits per heavy atom. The van der Waals surface area contributed by atoms with Gasteiger partial charge in [0.1, 0.15) is 11.6 Å². The van der Waals surface area contributed by atoms with Gasteiger partial charge in [0.25, 0.3) is 5.91 Å². The molecule has 0 bridgehead atoms. The van der Waals surface area contributed by atoms with Crippen molar-refractivity contribution in [3.05, 3.63) is 126 Å². The number of para-hydroxylation sites is 2. The number of benzene rings is 4. The molecule has 4 aromatic carbocycles. The number of halogens is 1. The first-order valence-electron chi connectivity index (χ1n) is 13.4.